The molecule has 1 rings (SSSR count). The second-order valence-electron chi connectivity index (χ2n) is 5.42. The Hall–Kier alpha value is -1.04. The minimum atomic E-state index is -0.269. The molecule has 0 aliphatic heterocycles. The lowest BCUT2D eigenvalue weighted by Gasteiger charge is -2.28. The molecule has 0 aliphatic carbocycles. The van der Waals surface area contributed by atoms with E-state index in [4.69, 9.17) is 16.9 Å². The fourth-order valence-corrected chi connectivity index (χ4v) is 2.05. The highest BCUT2D eigenvalue weighted by atomic mass is 35.5. The summed E-state index contributed by atoms with van der Waals surface area (Å²) in [4.78, 5) is 2.24. The smallest absolute Gasteiger partial charge is 0.0684 e. The summed E-state index contributed by atoms with van der Waals surface area (Å²) in [5, 5.41) is 9.82. The molecule has 0 aromatic heterocycles. The van der Waals surface area contributed by atoms with E-state index in [1.807, 2.05) is 32.0 Å². The molecule has 0 bridgehead atoms. The van der Waals surface area contributed by atoms with E-state index in [1.165, 1.54) is 0 Å². The van der Waals surface area contributed by atoms with Crippen molar-refractivity contribution < 1.29 is 0 Å². The SMILES string of the molecule is C[C@H](c1ccccc1Cl)N(C)CCC(C)(C)C#N. The summed E-state index contributed by atoms with van der Waals surface area (Å²) in [5.41, 5.74) is 0.866. The number of halogens is 1. The topological polar surface area (TPSA) is 27.0 Å². The van der Waals surface area contributed by atoms with E-state index < -0.39 is 0 Å². The van der Waals surface area contributed by atoms with E-state index in [2.05, 4.69) is 31.0 Å². The third kappa shape index (κ3) is 4.01. The third-order valence-electron chi connectivity index (χ3n) is 3.41. The van der Waals surface area contributed by atoms with Crippen molar-refractivity contribution in [3.63, 3.8) is 0 Å². The highest BCUT2D eigenvalue weighted by molar-refractivity contribution is 6.31. The van der Waals surface area contributed by atoms with Gasteiger partial charge in [-0.1, -0.05) is 29.8 Å². The lowest BCUT2D eigenvalue weighted by Crippen LogP contribution is -2.27. The van der Waals surface area contributed by atoms with Crippen LogP contribution in [0.2, 0.25) is 5.02 Å². The van der Waals surface area contributed by atoms with Crippen molar-refractivity contribution in [3.8, 4) is 6.07 Å². The maximum Gasteiger partial charge on any atom is 0.0684 e. The molecule has 0 heterocycles. The summed E-state index contributed by atoms with van der Waals surface area (Å²) in [6.07, 6.45) is 0.856. The third-order valence-corrected chi connectivity index (χ3v) is 3.75. The monoisotopic (exact) mass is 264 g/mol. The Morgan fingerprint density at radius 1 is 1.39 bits per heavy atom. The zero-order valence-electron chi connectivity index (χ0n) is 11.6. The van der Waals surface area contributed by atoms with Crippen LogP contribution in [0.5, 0.6) is 0 Å². The average molecular weight is 265 g/mol. The largest absolute Gasteiger partial charge is 0.300 e. The Morgan fingerprint density at radius 3 is 2.56 bits per heavy atom. The maximum atomic E-state index is 9.02. The quantitative estimate of drug-likeness (QED) is 0.794. The molecule has 98 valence electrons. The molecule has 3 heteroatoms. The Balaban J connectivity index is 2.66. The molecule has 0 unspecified atom stereocenters. The van der Waals surface area contributed by atoms with E-state index in [0.717, 1.165) is 23.6 Å². The van der Waals surface area contributed by atoms with E-state index in [0.29, 0.717) is 0 Å². The summed E-state index contributed by atoms with van der Waals surface area (Å²) < 4.78 is 0. The molecule has 2 nitrogen and oxygen atoms in total. The Labute approximate surface area is 115 Å². The number of rotatable bonds is 5. The molecule has 0 saturated carbocycles. The predicted molar refractivity (Wildman–Crippen MR) is 76.5 cm³/mol. The van der Waals surface area contributed by atoms with Gasteiger partial charge in [0.15, 0.2) is 0 Å². The van der Waals surface area contributed by atoms with E-state index in [-0.39, 0.29) is 11.5 Å². The first-order valence-corrected chi connectivity index (χ1v) is 6.61. The van der Waals surface area contributed by atoms with Gasteiger partial charge in [0.25, 0.3) is 0 Å². The van der Waals surface area contributed by atoms with Gasteiger partial charge in [-0.25, -0.2) is 0 Å². The molecule has 0 spiro atoms. The molecule has 0 N–H and O–H groups in total. The molecule has 0 aliphatic rings. The highest BCUT2D eigenvalue weighted by Gasteiger charge is 2.20. The second kappa shape index (κ2) is 6.22. The van der Waals surface area contributed by atoms with Gasteiger partial charge in [-0.3, -0.25) is 4.90 Å². The lowest BCUT2D eigenvalue weighted by molar-refractivity contribution is 0.232. The van der Waals surface area contributed by atoms with Gasteiger partial charge in [0.2, 0.25) is 0 Å². The van der Waals surface area contributed by atoms with Gasteiger partial charge < -0.3 is 0 Å². The molecule has 18 heavy (non-hydrogen) atoms. The predicted octanol–water partition coefficient (Wildman–Crippen LogP) is 4.27. The van der Waals surface area contributed by atoms with Gasteiger partial charge in [-0.2, -0.15) is 5.26 Å². The van der Waals surface area contributed by atoms with Gasteiger partial charge in [0.1, 0.15) is 0 Å². The van der Waals surface area contributed by atoms with Gasteiger partial charge in [-0.15, -0.1) is 0 Å². The number of nitrogens with zero attached hydrogens (tertiary/aromatic N) is 2. The van der Waals surface area contributed by atoms with Crippen LogP contribution in [0.4, 0.5) is 0 Å². The molecule has 0 fully saturated rings. The number of nitriles is 1. The first-order chi connectivity index (χ1) is 8.37. The van der Waals surface area contributed by atoms with Crippen LogP contribution >= 0.6 is 11.6 Å². The van der Waals surface area contributed by atoms with E-state index in [9.17, 15) is 0 Å². The first-order valence-electron chi connectivity index (χ1n) is 6.23. The zero-order chi connectivity index (χ0) is 13.8. The van der Waals surface area contributed by atoms with Crippen LogP contribution in [-0.4, -0.2) is 18.5 Å². The van der Waals surface area contributed by atoms with Crippen LogP contribution in [0.15, 0.2) is 24.3 Å². The Kier molecular flexibility index (Phi) is 5.19. The van der Waals surface area contributed by atoms with Crippen molar-refractivity contribution in [2.24, 2.45) is 5.41 Å². The van der Waals surface area contributed by atoms with Crippen LogP contribution in [0.1, 0.15) is 38.8 Å². The minimum absolute atomic E-state index is 0.258. The van der Waals surface area contributed by atoms with Crippen molar-refractivity contribution in [2.45, 2.75) is 33.2 Å². The number of hydrogen-bond acceptors (Lipinski definition) is 2. The van der Waals surface area contributed by atoms with Crippen LogP contribution in [0.25, 0.3) is 0 Å². The highest BCUT2D eigenvalue weighted by Crippen LogP contribution is 2.27. The average Bonchev–Trinajstić information content (AvgIpc) is 2.36. The zero-order valence-corrected chi connectivity index (χ0v) is 12.3. The van der Waals surface area contributed by atoms with E-state index in [1.54, 1.807) is 0 Å². The maximum absolute atomic E-state index is 9.02. The summed E-state index contributed by atoms with van der Waals surface area (Å²) >= 11 is 6.20. The minimum Gasteiger partial charge on any atom is -0.300 e. The van der Waals surface area contributed by atoms with Crippen LogP contribution in [0.3, 0.4) is 0 Å². The van der Waals surface area contributed by atoms with Gasteiger partial charge >= 0.3 is 0 Å². The van der Waals surface area contributed by atoms with Gasteiger partial charge in [-0.05, 0) is 52.4 Å². The Bertz CT molecular complexity index is 434. The van der Waals surface area contributed by atoms with Crippen molar-refractivity contribution >= 4 is 11.6 Å². The molecule has 0 saturated heterocycles. The second-order valence-corrected chi connectivity index (χ2v) is 5.83. The van der Waals surface area contributed by atoms with Crippen LogP contribution < -0.4 is 0 Å². The fraction of sp³-hybridized carbons (Fsp3) is 0.533. The normalized spacial score (nSPS) is 13.4. The molecule has 1 atom stereocenters. The molecular formula is C15H21ClN2. The number of benzene rings is 1. The summed E-state index contributed by atoms with van der Waals surface area (Å²) in [7, 11) is 2.07. The molecule has 1 aromatic rings. The molecule has 1 aromatic carbocycles. The lowest BCUT2D eigenvalue weighted by atomic mass is 9.91. The summed E-state index contributed by atoms with van der Waals surface area (Å²) in [6.45, 7) is 6.97. The van der Waals surface area contributed by atoms with Crippen molar-refractivity contribution in [2.75, 3.05) is 13.6 Å². The fourth-order valence-electron chi connectivity index (χ4n) is 1.76. The first kappa shape index (κ1) is 15.0. The van der Waals surface area contributed by atoms with Crippen LogP contribution in [0, 0.1) is 16.7 Å². The summed E-state index contributed by atoms with van der Waals surface area (Å²) in [6, 6.07) is 10.5. The standard InChI is InChI=1S/C15H21ClN2/c1-12(13-7-5-6-8-14(13)16)18(4)10-9-15(2,3)11-17/h5-8,12H,9-10H2,1-4H3/t12-/m1/s1. The van der Waals surface area contributed by atoms with Gasteiger partial charge in [0, 0.05) is 11.1 Å². The molecule has 0 radical (unpaired) electrons. The van der Waals surface area contributed by atoms with E-state index >= 15 is 0 Å². The van der Waals surface area contributed by atoms with Crippen molar-refractivity contribution in [3.05, 3.63) is 34.9 Å². The molecular weight excluding hydrogens is 244 g/mol. The molecule has 0 amide bonds. The van der Waals surface area contributed by atoms with Crippen LogP contribution in [-0.2, 0) is 0 Å². The Morgan fingerprint density at radius 2 is 2.00 bits per heavy atom. The van der Waals surface area contributed by atoms with Crippen molar-refractivity contribution in [1.82, 2.24) is 4.90 Å². The van der Waals surface area contributed by atoms with Crippen molar-refractivity contribution in [1.29, 1.82) is 5.26 Å². The number of hydrogen-bond donors (Lipinski definition) is 0. The van der Waals surface area contributed by atoms with Gasteiger partial charge in [0.05, 0.1) is 11.5 Å². The summed E-state index contributed by atoms with van der Waals surface area (Å²) in [5.74, 6) is 0.